The second-order valence-electron chi connectivity index (χ2n) is 8.17. The third kappa shape index (κ3) is 3.78. The van der Waals surface area contributed by atoms with Crippen molar-refractivity contribution >= 4 is 10.8 Å². The molecule has 7 nitrogen and oxygen atoms in total. The van der Waals surface area contributed by atoms with Gasteiger partial charge in [0, 0.05) is 17.3 Å². The maximum atomic E-state index is 12.7. The summed E-state index contributed by atoms with van der Waals surface area (Å²) in [6.45, 7) is 4.04. The number of hydrogen-bond donors (Lipinski definition) is 4. The highest BCUT2D eigenvalue weighted by atomic mass is 16.5. The first-order valence-corrected chi connectivity index (χ1v) is 10.8. The average Bonchev–Trinajstić information content (AvgIpc) is 3.34. The summed E-state index contributed by atoms with van der Waals surface area (Å²) in [4.78, 5) is 25.3. The maximum Gasteiger partial charge on any atom is 0.268 e. The van der Waals surface area contributed by atoms with Crippen LogP contribution >= 0.6 is 0 Å². The van der Waals surface area contributed by atoms with Gasteiger partial charge in [0.25, 0.3) is 11.1 Å². The van der Waals surface area contributed by atoms with Crippen LogP contribution in [-0.2, 0) is 6.61 Å². The van der Waals surface area contributed by atoms with Crippen molar-refractivity contribution in [3.8, 4) is 5.75 Å². The second-order valence-corrected chi connectivity index (χ2v) is 8.17. The van der Waals surface area contributed by atoms with E-state index < -0.39 is 5.92 Å². The highest BCUT2D eigenvalue weighted by Crippen LogP contribution is 2.33. The van der Waals surface area contributed by atoms with Crippen molar-refractivity contribution in [1.29, 1.82) is 0 Å². The largest absolute Gasteiger partial charge is 0.489 e. The molecule has 0 radical (unpaired) electrons. The van der Waals surface area contributed by atoms with Gasteiger partial charge in [0.05, 0.1) is 11.1 Å². The van der Waals surface area contributed by atoms with Crippen molar-refractivity contribution < 1.29 is 4.74 Å². The van der Waals surface area contributed by atoms with E-state index in [-0.39, 0.29) is 11.1 Å². The topological polar surface area (TPSA) is 107 Å². The molecular weight excluding hydrogens is 416 g/mol. The summed E-state index contributed by atoms with van der Waals surface area (Å²) in [6.07, 6.45) is 0. The summed E-state index contributed by atoms with van der Waals surface area (Å²) in [5, 5.41) is 13.3. The molecule has 0 spiro atoms. The summed E-state index contributed by atoms with van der Waals surface area (Å²) in [5.41, 5.74) is 3.78. The Labute approximate surface area is 189 Å². The number of rotatable bonds is 6. The molecule has 0 atom stereocenters. The van der Waals surface area contributed by atoms with Gasteiger partial charge in [-0.15, -0.1) is 0 Å². The van der Waals surface area contributed by atoms with Gasteiger partial charge in [0.15, 0.2) is 0 Å². The molecule has 0 fully saturated rings. The second kappa shape index (κ2) is 8.35. The molecule has 5 rings (SSSR count). The zero-order valence-electron chi connectivity index (χ0n) is 18.4. The number of nitrogens with one attached hydrogen (secondary N) is 4. The molecule has 0 unspecified atom stereocenters. The number of benzene rings is 3. The maximum absolute atomic E-state index is 12.7. The van der Waals surface area contributed by atoms with Gasteiger partial charge >= 0.3 is 0 Å². The fourth-order valence-corrected chi connectivity index (χ4v) is 4.45. The van der Waals surface area contributed by atoms with E-state index in [0.717, 1.165) is 21.9 Å². The van der Waals surface area contributed by atoms with Crippen molar-refractivity contribution in [3.05, 3.63) is 121 Å². The van der Waals surface area contributed by atoms with Gasteiger partial charge in [-0.3, -0.25) is 19.8 Å². The standard InChI is InChI=1S/C26H24N4O3/c1-15-22(25(31)29-27-15)24(23-16(2)28-30-26(23)32)18-9-6-11-20(13-18)33-14-19-10-5-8-17-7-3-4-12-21(17)19/h3-13,24H,14H2,1-2H3,(H2,27,29,31)(H2,28,30,32). The number of fused-ring (bicyclic) bond motifs is 1. The Balaban J connectivity index is 1.53. The fraction of sp³-hybridized carbons (Fsp3) is 0.154. The molecule has 33 heavy (non-hydrogen) atoms. The Morgan fingerprint density at radius 3 is 2.06 bits per heavy atom. The first-order valence-electron chi connectivity index (χ1n) is 10.8. The molecule has 2 heterocycles. The number of aromatic nitrogens is 4. The first kappa shape index (κ1) is 20.6. The van der Waals surface area contributed by atoms with E-state index in [0.29, 0.717) is 34.9 Å². The van der Waals surface area contributed by atoms with Crippen molar-refractivity contribution in [1.82, 2.24) is 20.4 Å². The third-order valence-corrected chi connectivity index (χ3v) is 6.07. The van der Waals surface area contributed by atoms with Gasteiger partial charge in [0.2, 0.25) is 0 Å². The smallest absolute Gasteiger partial charge is 0.268 e. The molecule has 0 aliphatic heterocycles. The molecule has 0 saturated carbocycles. The van der Waals surface area contributed by atoms with Gasteiger partial charge in [0.1, 0.15) is 12.4 Å². The van der Waals surface area contributed by atoms with Crippen LogP contribution in [0.1, 0.15) is 39.6 Å². The molecule has 3 aromatic carbocycles. The molecule has 7 heteroatoms. The van der Waals surface area contributed by atoms with Crippen LogP contribution in [0.25, 0.3) is 10.8 Å². The summed E-state index contributed by atoms with van der Waals surface area (Å²) in [7, 11) is 0. The van der Waals surface area contributed by atoms with E-state index in [1.54, 1.807) is 0 Å². The van der Waals surface area contributed by atoms with Gasteiger partial charge in [-0.25, -0.2) is 0 Å². The number of H-pyrrole nitrogens is 4. The molecule has 0 aliphatic rings. The molecule has 4 N–H and O–H groups in total. The summed E-state index contributed by atoms with van der Waals surface area (Å²) < 4.78 is 6.16. The molecule has 166 valence electrons. The van der Waals surface area contributed by atoms with Crippen LogP contribution in [0.5, 0.6) is 5.75 Å². The van der Waals surface area contributed by atoms with E-state index in [2.05, 4.69) is 44.7 Å². The van der Waals surface area contributed by atoms with E-state index in [1.165, 1.54) is 0 Å². The quantitative estimate of drug-likeness (QED) is 0.317. The summed E-state index contributed by atoms with van der Waals surface area (Å²) in [5.74, 6) is 0.121. The van der Waals surface area contributed by atoms with E-state index in [9.17, 15) is 9.59 Å². The number of hydrogen-bond acceptors (Lipinski definition) is 3. The van der Waals surface area contributed by atoms with Crippen molar-refractivity contribution in [2.75, 3.05) is 0 Å². The summed E-state index contributed by atoms with van der Waals surface area (Å²) >= 11 is 0. The van der Waals surface area contributed by atoms with E-state index >= 15 is 0 Å². The SMILES string of the molecule is Cc1[nH][nH]c(=O)c1C(c1cccc(OCc2cccc3ccccc23)c1)c1c(C)[nH][nH]c1=O. The molecule has 0 bridgehead atoms. The van der Waals surface area contributed by atoms with E-state index in [1.807, 2.05) is 56.3 Å². The predicted octanol–water partition coefficient (Wildman–Crippen LogP) is 4.25. The molecule has 0 aliphatic carbocycles. The Morgan fingerprint density at radius 1 is 0.758 bits per heavy atom. The normalized spacial score (nSPS) is 11.4. The Hall–Kier alpha value is -4.26. The predicted molar refractivity (Wildman–Crippen MR) is 128 cm³/mol. The van der Waals surface area contributed by atoms with Crippen LogP contribution in [0.15, 0.2) is 76.3 Å². The highest BCUT2D eigenvalue weighted by molar-refractivity contribution is 5.85. The zero-order chi connectivity index (χ0) is 22.9. The lowest BCUT2D eigenvalue weighted by Gasteiger charge is -2.17. The van der Waals surface area contributed by atoms with Gasteiger partial charge < -0.3 is 14.9 Å². The molecule has 5 aromatic rings. The zero-order valence-corrected chi connectivity index (χ0v) is 18.4. The summed E-state index contributed by atoms with van der Waals surface area (Å²) in [6, 6.07) is 21.9. The van der Waals surface area contributed by atoms with Gasteiger partial charge in [-0.2, -0.15) is 0 Å². The number of aromatic amines is 4. The van der Waals surface area contributed by atoms with Crippen LogP contribution in [0.4, 0.5) is 0 Å². The Bertz CT molecular complexity index is 1490. The minimum atomic E-state index is -0.545. The molecule has 0 amide bonds. The van der Waals surface area contributed by atoms with Crippen LogP contribution in [-0.4, -0.2) is 20.4 Å². The van der Waals surface area contributed by atoms with Gasteiger partial charge in [-0.05, 0) is 47.9 Å². The van der Waals surface area contributed by atoms with Crippen LogP contribution in [0, 0.1) is 13.8 Å². The van der Waals surface area contributed by atoms with Crippen LogP contribution in [0.3, 0.4) is 0 Å². The minimum absolute atomic E-state index is 0.250. The average molecular weight is 441 g/mol. The molecule has 0 saturated heterocycles. The van der Waals surface area contributed by atoms with Crippen molar-refractivity contribution in [2.45, 2.75) is 26.4 Å². The Morgan fingerprint density at radius 2 is 1.39 bits per heavy atom. The first-order chi connectivity index (χ1) is 16.0. The highest BCUT2D eigenvalue weighted by Gasteiger charge is 2.28. The minimum Gasteiger partial charge on any atom is -0.489 e. The number of ether oxygens (including phenoxy) is 1. The lowest BCUT2D eigenvalue weighted by molar-refractivity contribution is 0.307. The fourth-order valence-electron chi connectivity index (χ4n) is 4.45. The molecule has 2 aromatic heterocycles. The number of aryl methyl sites for hydroxylation is 2. The lowest BCUT2D eigenvalue weighted by Crippen LogP contribution is -2.20. The Kier molecular flexibility index (Phi) is 5.22. The monoisotopic (exact) mass is 440 g/mol. The van der Waals surface area contributed by atoms with Crippen molar-refractivity contribution in [2.24, 2.45) is 0 Å². The van der Waals surface area contributed by atoms with Crippen molar-refractivity contribution in [3.63, 3.8) is 0 Å². The third-order valence-electron chi connectivity index (χ3n) is 6.07. The van der Waals surface area contributed by atoms with Gasteiger partial charge in [-0.1, -0.05) is 54.6 Å². The molecular formula is C26H24N4O3. The van der Waals surface area contributed by atoms with Crippen LogP contribution in [0.2, 0.25) is 0 Å². The lowest BCUT2D eigenvalue weighted by atomic mass is 9.85. The van der Waals surface area contributed by atoms with Crippen LogP contribution < -0.4 is 15.9 Å². The van der Waals surface area contributed by atoms with E-state index in [4.69, 9.17) is 4.74 Å².